The normalized spacial score (nSPS) is 25.6. The fraction of sp³-hybridized carbons (Fsp3) is 0.545. The molecule has 9 heteroatoms. The summed E-state index contributed by atoms with van der Waals surface area (Å²) in [5, 5.41) is 2.72. The Balaban J connectivity index is 2.18. The van der Waals surface area contributed by atoms with Crippen molar-refractivity contribution in [3.05, 3.63) is 11.8 Å². The third kappa shape index (κ3) is 2.77. The Morgan fingerprint density at radius 2 is 2.35 bits per heavy atom. The zero-order valence-corrected chi connectivity index (χ0v) is 10.6. The smallest absolute Gasteiger partial charge is 0.264 e. The maximum absolute atomic E-state index is 13.6. The minimum Gasteiger partial charge on any atom is -0.383 e. The van der Waals surface area contributed by atoms with E-state index in [0.29, 0.717) is 12.8 Å². The summed E-state index contributed by atoms with van der Waals surface area (Å²) in [6.45, 7) is 0. The Labute approximate surface area is 115 Å². The second kappa shape index (κ2) is 5.16. The van der Waals surface area contributed by atoms with Gasteiger partial charge in [-0.2, -0.15) is 4.98 Å². The van der Waals surface area contributed by atoms with Crippen molar-refractivity contribution in [3.63, 3.8) is 0 Å². The number of rotatable bonds is 4. The molecule has 0 radical (unpaired) electrons. The maximum Gasteiger partial charge on any atom is 0.264 e. The van der Waals surface area contributed by atoms with E-state index in [-0.39, 0.29) is 23.8 Å². The van der Waals surface area contributed by atoms with Crippen LogP contribution in [-0.2, 0) is 0 Å². The van der Waals surface area contributed by atoms with Gasteiger partial charge in [0.15, 0.2) is 1.41 Å². The molecule has 0 aliphatic heterocycles. The minimum absolute atomic E-state index is 0.00731. The number of anilines is 2. The second-order valence-electron chi connectivity index (χ2n) is 4.75. The first-order valence-electron chi connectivity index (χ1n) is 6.59. The molecule has 0 spiro atoms. The second-order valence-corrected chi connectivity index (χ2v) is 4.75. The van der Waals surface area contributed by atoms with E-state index in [1.54, 1.807) is 0 Å². The van der Waals surface area contributed by atoms with Gasteiger partial charge in [0.05, 0.1) is 17.6 Å². The van der Waals surface area contributed by atoms with E-state index in [2.05, 4.69) is 15.3 Å². The predicted molar refractivity (Wildman–Crippen MR) is 69.1 cm³/mol. The highest BCUT2D eigenvalue weighted by atomic mass is 19.3. The van der Waals surface area contributed by atoms with Crippen LogP contribution in [0.2, 0.25) is 1.41 Å². The monoisotopic (exact) mass is 288 g/mol. The Hall–Kier alpha value is -2.03. The summed E-state index contributed by atoms with van der Waals surface area (Å²) >= 11 is 0. The van der Waals surface area contributed by atoms with E-state index >= 15 is 0 Å². The number of primary amides is 1. The van der Waals surface area contributed by atoms with E-state index in [9.17, 15) is 13.6 Å². The number of hydrogen-bond donors (Lipinski definition) is 4. The SMILES string of the molecule is [3H]Nc1nc(NC2CCCC(F)(F)C2N)ncc1C(N)=O. The van der Waals surface area contributed by atoms with Gasteiger partial charge in [0.25, 0.3) is 11.8 Å². The summed E-state index contributed by atoms with van der Waals surface area (Å²) in [7, 11) is 0. The molecule has 2 atom stereocenters. The van der Waals surface area contributed by atoms with Gasteiger partial charge in [-0.25, -0.2) is 13.8 Å². The molecule has 0 bridgehead atoms. The predicted octanol–water partition coefficient (Wildman–Crippen LogP) is 0.0847. The first-order valence-corrected chi connectivity index (χ1v) is 6.09. The molecule has 0 aromatic carbocycles. The van der Waals surface area contributed by atoms with Crippen LogP contribution in [0.1, 0.15) is 29.6 Å². The Morgan fingerprint density at radius 3 is 3.00 bits per heavy atom. The van der Waals surface area contributed by atoms with Gasteiger partial charge >= 0.3 is 0 Å². The van der Waals surface area contributed by atoms with Crippen molar-refractivity contribution in [2.24, 2.45) is 11.5 Å². The number of aromatic nitrogens is 2. The number of alkyl halides is 2. The Morgan fingerprint density at radius 1 is 1.60 bits per heavy atom. The van der Waals surface area contributed by atoms with Gasteiger partial charge < -0.3 is 22.5 Å². The number of carbonyl (C=O) groups is 1. The van der Waals surface area contributed by atoms with Gasteiger partial charge in [-0.3, -0.25) is 4.79 Å². The van der Waals surface area contributed by atoms with E-state index in [1.807, 2.05) is 5.73 Å². The van der Waals surface area contributed by atoms with Gasteiger partial charge in [0.2, 0.25) is 5.95 Å². The lowest BCUT2D eigenvalue weighted by Gasteiger charge is -2.35. The molecule has 1 fully saturated rings. The molecule has 1 amide bonds. The van der Waals surface area contributed by atoms with Crippen molar-refractivity contribution >= 4 is 17.7 Å². The first kappa shape index (κ1) is 13.0. The molecular weight excluding hydrogens is 270 g/mol. The average molecular weight is 288 g/mol. The third-order valence-corrected chi connectivity index (χ3v) is 3.32. The van der Waals surface area contributed by atoms with Crippen molar-refractivity contribution in [3.8, 4) is 0 Å². The topological polar surface area (TPSA) is 133 Å². The number of carbonyl (C=O) groups excluding carboxylic acids is 1. The lowest BCUT2D eigenvalue weighted by atomic mass is 9.87. The van der Waals surface area contributed by atoms with E-state index in [0.717, 1.165) is 6.20 Å². The molecular formula is C11H16F2N6O. The summed E-state index contributed by atoms with van der Waals surface area (Å²) in [6, 6.07) is -2.04. The van der Waals surface area contributed by atoms with Gasteiger partial charge in [-0.15, -0.1) is 0 Å². The van der Waals surface area contributed by atoms with Crippen LogP contribution in [-0.4, -0.2) is 33.9 Å². The molecule has 110 valence electrons. The number of nitrogens with zero attached hydrogens (tertiary/aromatic N) is 2. The largest absolute Gasteiger partial charge is 0.383 e. The summed E-state index contributed by atoms with van der Waals surface area (Å²) in [5.74, 6) is -3.83. The van der Waals surface area contributed by atoms with Crippen molar-refractivity contribution in [1.82, 2.24) is 9.97 Å². The molecule has 0 saturated heterocycles. The van der Waals surface area contributed by atoms with Crippen LogP contribution in [0.3, 0.4) is 0 Å². The average Bonchev–Trinajstić information content (AvgIpc) is 2.43. The van der Waals surface area contributed by atoms with Crippen molar-refractivity contribution < 1.29 is 15.0 Å². The molecule has 1 aromatic heterocycles. The highest BCUT2D eigenvalue weighted by Crippen LogP contribution is 2.33. The lowest BCUT2D eigenvalue weighted by Crippen LogP contribution is -2.55. The molecule has 7 nitrogen and oxygen atoms in total. The summed E-state index contributed by atoms with van der Waals surface area (Å²) in [4.78, 5) is 18.8. The Bertz CT molecular complexity index is 543. The van der Waals surface area contributed by atoms with Crippen LogP contribution in [0, 0.1) is 0 Å². The first-order chi connectivity index (χ1) is 9.85. The molecule has 1 heterocycles. The standard InChI is InChI=1S/C11H16F2N6O/c12-11(13)3-1-2-6(7(11)14)18-10-17-4-5(9(16)20)8(15)19-10/h4,6-7H,1-3,14H2,(H2,16,20)(H3,15,17,18,19)/i/hT. The summed E-state index contributed by atoms with van der Waals surface area (Å²) in [6.07, 6.45) is 1.68. The highest BCUT2D eigenvalue weighted by molar-refractivity contribution is 5.96. The van der Waals surface area contributed by atoms with Crippen molar-refractivity contribution in [1.29, 1.82) is 0 Å². The molecule has 7 N–H and O–H groups in total. The van der Waals surface area contributed by atoms with E-state index in [4.69, 9.17) is 12.9 Å². The number of halogens is 2. The lowest BCUT2D eigenvalue weighted by molar-refractivity contribution is -0.0555. The zero-order valence-electron chi connectivity index (χ0n) is 11.6. The van der Waals surface area contributed by atoms with Gasteiger partial charge in [0, 0.05) is 12.6 Å². The number of amides is 1. The maximum atomic E-state index is 13.6. The molecule has 1 aliphatic carbocycles. The van der Waals surface area contributed by atoms with E-state index < -0.39 is 23.9 Å². The quantitative estimate of drug-likeness (QED) is 0.620. The summed E-state index contributed by atoms with van der Waals surface area (Å²) < 4.78 is 34.2. The molecule has 2 unspecified atom stereocenters. The van der Waals surface area contributed by atoms with Crippen LogP contribution in [0.25, 0.3) is 0 Å². The molecule has 20 heavy (non-hydrogen) atoms. The minimum atomic E-state index is -2.94. The fourth-order valence-corrected chi connectivity index (χ4v) is 2.16. The molecule has 2 rings (SSSR count). The van der Waals surface area contributed by atoms with Crippen LogP contribution in [0.5, 0.6) is 0 Å². The van der Waals surface area contributed by atoms with Gasteiger partial charge in [0.1, 0.15) is 5.82 Å². The van der Waals surface area contributed by atoms with Crippen molar-refractivity contribution in [2.45, 2.75) is 37.3 Å². The fourth-order valence-electron chi connectivity index (χ4n) is 2.16. The number of nitrogens with one attached hydrogen (secondary N) is 1. The van der Waals surface area contributed by atoms with Crippen LogP contribution in [0.15, 0.2) is 6.20 Å². The van der Waals surface area contributed by atoms with Crippen LogP contribution >= 0.6 is 0 Å². The number of nitrogen functional groups attached to an aromatic ring is 1. The van der Waals surface area contributed by atoms with Gasteiger partial charge in [-0.05, 0) is 12.8 Å². The molecule has 1 saturated carbocycles. The number of nitrogens with two attached hydrogens (primary N) is 3. The molecule has 1 aliphatic rings. The third-order valence-electron chi connectivity index (χ3n) is 3.32. The molecule has 1 aromatic rings. The zero-order chi connectivity index (χ0) is 15.6. The van der Waals surface area contributed by atoms with Crippen LogP contribution < -0.4 is 22.5 Å². The number of hydrogen-bond acceptors (Lipinski definition) is 6. The van der Waals surface area contributed by atoms with Gasteiger partial charge in [-0.1, -0.05) is 0 Å². The summed E-state index contributed by atoms with van der Waals surface area (Å²) in [5.41, 5.74) is 12.6. The van der Waals surface area contributed by atoms with Crippen molar-refractivity contribution in [2.75, 3.05) is 11.0 Å². The Kier molecular flexibility index (Phi) is 3.35. The van der Waals surface area contributed by atoms with E-state index in [1.165, 1.54) is 0 Å². The van der Waals surface area contributed by atoms with Crippen LogP contribution in [0.4, 0.5) is 20.5 Å². The highest BCUT2D eigenvalue weighted by Gasteiger charge is 2.44.